The molecule has 2 atom stereocenters. The fourth-order valence-corrected chi connectivity index (χ4v) is 3.11. The molecule has 0 aromatic heterocycles. The number of aliphatic hydroxyl groups excluding tert-OH is 1. The van der Waals surface area contributed by atoms with Gasteiger partial charge in [0.15, 0.2) is 5.54 Å². The van der Waals surface area contributed by atoms with Crippen molar-refractivity contribution in [2.75, 3.05) is 19.8 Å². The first-order valence-electron chi connectivity index (χ1n) is 10.2. The molecule has 6 heteroatoms. The third-order valence-electron chi connectivity index (χ3n) is 4.94. The molecule has 2 N–H and O–H groups in total. The van der Waals surface area contributed by atoms with E-state index in [-0.39, 0.29) is 17.9 Å². The smallest absolute Gasteiger partial charge is 0.252 e. The van der Waals surface area contributed by atoms with Crippen LogP contribution in [0.3, 0.4) is 0 Å². The van der Waals surface area contributed by atoms with Gasteiger partial charge in [-0.25, -0.2) is 4.99 Å². The Morgan fingerprint density at radius 3 is 2.66 bits per heavy atom. The van der Waals surface area contributed by atoms with E-state index in [1.165, 1.54) is 0 Å². The lowest BCUT2D eigenvalue weighted by atomic mass is 9.88. The SMILES string of the molecule is C=CC[C@@]1(C(=O)NCCC(C)(C)C)N=C(c2ccc(OCCCO)cc2)O[C@@H]1C. The maximum atomic E-state index is 13.0. The number of benzene rings is 1. The molecule has 1 aliphatic rings. The van der Waals surface area contributed by atoms with Gasteiger partial charge >= 0.3 is 0 Å². The van der Waals surface area contributed by atoms with Gasteiger partial charge in [0.1, 0.15) is 11.9 Å². The summed E-state index contributed by atoms with van der Waals surface area (Å²) in [4.78, 5) is 17.8. The third-order valence-corrected chi connectivity index (χ3v) is 4.94. The molecule has 0 saturated heterocycles. The highest BCUT2D eigenvalue weighted by molar-refractivity contribution is 6.00. The summed E-state index contributed by atoms with van der Waals surface area (Å²) >= 11 is 0. The number of ether oxygens (including phenoxy) is 2. The standard InChI is InChI=1S/C23H34N2O4/c1-6-12-23(21(27)24-14-13-22(3,4)5)17(2)29-20(25-23)18-8-10-19(11-9-18)28-16-7-15-26/h6,8-11,17,26H,1,7,12-16H2,2-5H3,(H,24,27)/t17-,23-/m1/s1. The number of nitrogens with one attached hydrogen (secondary N) is 1. The molecule has 0 spiro atoms. The molecule has 1 aromatic rings. The number of amides is 1. The lowest BCUT2D eigenvalue weighted by Gasteiger charge is -2.27. The number of nitrogens with zero attached hydrogens (tertiary/aromatic N) is 1. The summed E-state index contributed by atoms with van der Waals surface area (Å²) in [5.74, 6) is 1.03. The maximum absolute atomic E-state index is 13.0. The minimum atomic E-state index is -1.01. The Morgan fingerprint density at radius 2 is 2.07 bits per heavy atom. The van der Waals surface area contributed by atoms with Crippen molar-refractivity contribution in [3.05, 3.63) is 42.5 Å². The van der Waals surface area contributed by atoms with Crippen molar-refractivity contribution in [2.45, 2.75) is 58.6 Å². The molecule has 29 heavy (non-hydrogen) atoms. The van der Waals surface area contributed by atoms with Crippen LogP contribution in [0.5, 0.6) is 5.75 Å². The fraction of sp³-hybridized carbons (Fsp3) is 0.565. The maximum Gasteiger partial charge on any atom is 0.252 e. The van der Waals surface area contributed by atoms with E-state index in [1.54, 1.807) is 6.08 Å². The first kappa shape index (κ1) is 22.9. The molecule has 0 saturated carbocycles. The van der Waals surface area contributed by atoms with Crippen LogP contribution in [0, 0.1) is 5.41 Å². The number of hydrogen-bond donors (Lipinski definition) is 2. The van der Waals surface area contributed by atoms with E-state index in [2.05, 4.69) is 32.7 Å². The Hall–Kier alpha value is -2.34. The molecule has 0 unspecified atom stereocenters. The second-order valence-corrected chi connectivity index (χ2v) is 8.61. The zero-order chi connectivity index (χ0) is 21.5. The van der Waals surface area contributed by atoms with Crippen molar-refractivity contribution in [3.63, 3.8) is 0 Å². The molecular weight excluding hydrogens is 368 g/mol. The highest BCUT2D eigenvalue weighted by Crippen LogP contribution is 2.33. The van der Waals surface area contributed by atoms with Crippen LogP contribution in [0.1, 0.15) is 52.5 Å². The zero-order valence-electron chi connectivity index (χ0n) is 18.0. The van der Waals surface area contributed by atoms with Crippen LogP contribution in [0.2, 0.25) is 0 Å². The van der Waals surface area contributed by atoms with E-state index in [9.17, 15) is 4.79 Å². The van der Waals surface area contributed by atoms with Gasteiger partial charge in [0.25, 0.3) is 5.91 Å². The van der Waals surface area contributed by atoms with Crippen LogP contribution < -0.4 is 10.1 Å². The van der Waals surface area contributed by atoms with Crippen molar-refractivity contribution in [1.82, 2.24) is 5.32 Å². The third kappa shape index (κ3) is 6.07. The van der Waals surface area contributed by atoms with Gasteiger partial charge in [0.05, 0.1) is 6.61 Å². The molecule has 6 nitrogen and oxygen atoms in total. The molecule has 0 radical (unpaired) electrons. The second kappa shape index (κ2) is 9.92. The van der Waals surface area contributed by atoms with E-state index in [1.807, 2.05) is 31.2 Å². The lowest BCUT2D eigenvalue weighted by Crippen LogP contribution is -2.51. The predicted molar refractivity (Wildman–Crippen MR) is 115 cm³/mol. The number of aliphatic hydroxyl groups is 1. The monoisotopic (exact) mass is 402 g/mol. The largest absolute Gasteiger partial charge is 0.494 e. The lowest BCUT2D eigenvalue weighted by molar-refractivity contribution is -0.128. The molecule has 1 heterocycles. The highest BCUT2D eigenvalue weighted by atomic mass is 16.5. The van der Waals surface area contributed by atoms with Gasteiger partial charge in [0, 0.05) is 31.6 Å². The van der Waals surface area contributed by atoms with Crippen LogP contribution >= 0.6 is 0 Å². The molecule has 1 aromatic carbocycles. The normalized spacial score (nSPS) is 21.3. The van der Waals surface area contributed by atoms with Gasteiger partial charge < -0.3 is 19.9 Å². The van der Waals surface area contributed by atoms with Crippen LogP contribution in [0.4, 0.5) is 0 Å². The fourth-order valence-electron chi connectivity index (χ4n) is 3.11. The Kier molecular flexibility index (Phi) is 7.85. The number of rotatable bonds is 10. The first-order valence-corrected chi connectivity index (χ1v) is 10.2. The quantitative estimate of drug-likeness (QED) is 0.464. The highest BCUT2D eigenvalue weighted by Gasteiger charge is 2.49. The summed E-state index contributed by atoms with van der Waals surface area (Å²) in [6, 6.07) is 7.39. The zero-order valence-corrected chi connectivity index (χ0v) is 18.0. The van der Waals surface area contributed by atoms with Crippen molar-refractivity contribution in [1.29, 1.82) is 0 Å². The second-order valence-electron chi connectivity index (χ2n) is 8.61. The number of hydrogen-bond acceptors (Lipinski definition) is 5. The Bertz CT molecular complexity index is 721. The Balaban J connectivity index is 2.15. The Morgan fingerprint density at radius 1 is 1.38 bits per heavy atom. The van der Waals surface area contributed by atoms with Gasteiger partial charge in [-0.3, -0.25) is 4.79 Å². The van der Waals surface area contributed by atoms with E-state index in [0.29, 0.717) is 37.6 Å². The summed E-state index contributed by atoms with van der Waals surface area (Å²) in [6.07, 6.45) is 3.19. The first-order chi connectivity index (χ1) is 13.7. The van der Waals surface area contributed by atoms with Gasteiger partial charge in [-0.2, -0.15) is 0 Å². The summed E-state index contributed by atoms with van der Waals surface area (Å²) in [5.41, 5.74) is -0.0723. The van der Waals surface area contributed by atoms with Crippen molar-refractivity contribution < 1.29 is 19.4 Å². The van der Waals surface area contributed by atoms with E-state index < -0.39 is 11.6 Å². The van der Waals surface area contributed by atoms with Gasteiger partial charge in [-0.15, -0.1) is 6.58 Å². The average molecular weight is 403 g/mol. The van der Waals surface area contributed by atoms with Gasteiger partial charge in [0.2, 0.25) is 5.90 Å². The van der Waals surface area contributed by atoms with Crippen LogP contribution in [-0.4, -0.2) is 48.3 Å². The number of aliphatic imine (C=N–C) groups is 1. The van der Waals surface area contributed by atoms with Crippen molar-refractivity contribution >= 4 is 11.8 Å². The predicted octanol–water partition coefficient (Wildman–Crippen LogP) is 3.48. The molecule has 0 aliphatic carbocycles. The molecule has 160 valence electrons. The summed E-state index contributed by atoms with van der Waals surface area (Å²) in [7, 11) is 0. The van der Waals surface area contributed by atoms with Crippen molar-refractivity contribution in [3.8, 4) is 5.75 Å². The van der Waals surface area contributed by atoms with Gasteiger partial charge in [-0.1, -0.05) is 26.8 Å². The molecule has 0 fully saturated rings. The number of carbonyl (C=O) groups is 1. The summed E-state index contributed by atoms with van der Waals surface area (Å²) < 4.78 is 11.5. The summed E-state index contributed by atoms with van der Waals surface area (Å²) in [6.45, 7) is 13.3. The molecule has 0 bridgehead atoms. The summed E-state index contributed by atoms with van der Waals surface area (Å²) in [5, 5.41) is 11.9. The average Bonchev–Trinajstić information content (AvgIpc) is 2.99. The molecule has 2 rings (SSSR count). The van der Waals surface area contributed by atoms with Crippen LogP contribution in [-0.2, 0) is 9.53 Å². The van der Waals surface area contributed by atoms with Gasteiger partial charge in [-0.05, 0) is 43.0 Å². The van der Waals surface area contributed by atoms with E-state index in [4.69, 9.17) is 19.6 Å². The minimum absolute atomic E-state index is 0.101. The molecule has 1 amide bonds. The topological polar surface area (TPSA) is 80.2 Å². The Labute approximate surface area is 174 Å². The van der Waals surface area contributed by atoms with E-state index in [0.717, 1.165) is 12.0 Å². The van der Waals surface area contributed by atoms with Crippen LogP contribution in [0.25, 0.3) is 0 Å². The molecule has 1 aliphatic heterocycles. The van der Waals surface area contributed by atoms with Crippen LogP contribution in [0.15, 0.2) is 41.9 Å². The van der Waals surface area contributed by atoms with Crippen molar-refractivity contribution in [2.24, 2.45) is 10.4 Å². The van der Waals surface area contributed by atoms with E-state index >= 15 is 0 Å². The minimum Gasteiger partial charge on any atom is -0.494 e. The number of carbonyl (C=O) groups excluding carboxylic acids is 1. The molecular formula is C23H34N2O4.